The number of nitrogens with one attached hydrogen (secondary N) is 1. The molecule has 1 rings (SSSR count). The Morgan fingerprint density at radius 2 is 2.00 bits per heavy atom. The third-order valence-electron chi connectivity index (χ3n) is 2.76. The summed E-state index contributed by atoms with van der Waals surface area (Å²) in [6.07, 6.45) is 0.460. The number of sulfonamides is 1. The van der Waals surface area contributed by atoms with Crippen molar-refractivity contribution in [2.45, 2.75) is 30.8 Å². The van der Waals surface area contributed by atoms with E-state index < -0.39 is 15.6 Å². The summed E-state index contributed by atoms with van der Waals surface area (Å²) in [5.74, 6) is 0.279. The predicted octanol–water partition coefficient (Wildman–Crippen LogP) is 1.13. The van der Waals surface area contributed by atoms with Crippen molar-refractivity contribution < 1.29 is 18.3 Å². The van der Waals surface area contributed by atoms with E-state index in [-0.39, 0.29) is 17.2 Å². The maximum atomic E-state index is 12.1. The van der Waals surface area contributed by atoms with Crippen LogP contribution in [0.3, 0.4) is 0 Å². The number of para-hydroxylation sites is 1. The van der Waals surface area contributed by atoms with Gasteiger partial charge in [-0.3, -0.25) is 0 Å². The van der Waals surface area contributed by atoms with Crippen molar-refractivity contribution in [2.24, 2.45) is 0 Å². The monoisotopic (exact) mass is 273 g/mol. The first-order chi connectivity index (χ1) is 8.32. The minimum Gasteiger partial charge on any atom is -0.495 e. The van der Waals surface area contributed by atoms with Crippen LogP contribution in [0.25, 0.3) is 0 Å². The molecule has 0 spiro atoms. The minimum absolute atomic E-state index is 0.0378. The molecule has 0 saturated heterocycles. The fourth-order valence-corrected chi connectivity index (χ4v) is 2.62. The molecule has 1 aromatic rings. The van der Waals surface area contributed by atoms with Gasteiger partial charge in [-0.2, -0.15) is 0 Å². The molecule has 0 aromatic heterocycles. The van der Waals surface area contributed by atoms with E-state index in [1.165, 1.54) is 13.2 Å². The summed E-state index contributed by atoms with van der Waals surface area (Å²) in [6, 6.07) is 6.35. The van der Waals surface area contributed by atoms with E-state index in [2.05, 4.69) is 4.72 Å². The highest BCUT2D eigenvalue weighted by Crippen LogP contribution is 2.22. The molecule has 0 aliphatic heterocycles. The Morgan fingerprint density at radius 3 is 2.56 bits per heavy atom. The van der Waals surface area contributed by atoms with Gasteiger partial charge in [0.05, 0.1) is 12.7 Å². The summed E-state index contributed by atoms with van der Waals surface area (Å²) in [5, 5.41) is 9.80. The highest BCUT2D eigenvalue weighted by molar-refractivity contribution is 7.89. The van der Waals surface area contributed by atoms with Crippen LogP contribution in [-0.2, 0) is 10.0 Å². The van der Waals surface area contributed by atoms with Gasteiger partial charge in [-0.25, -0.2) is 13.1 Å². The SMILES string of the molecule is CCC(C)(O)CNS(=O)(=O)c1ccccc1OC. The van der Waals surface area contributed by atoms with Crippen molar-refractivity contribution in [3.8, 4) is 5.75 Å². The van der Waals surface area contributed by atoms with Crippen molar-refractivity contribution in [1.29, 1.82) is 0 Å². The average Bonchev–Trinajstić information content (AvgIpc) is 2.37. The zero-order valence-electron chi connectivity index (χ0n) is 10.8. The van der Waals surface area contributed by atoms with Gasteiger partial charge in [-0.1, -0.05) is 19.1 Å². The smallest absolute Gasteiger partial charge is 0.244 e. The molecule has 0 fully saturated rings. The van der Waals surface area contributed by atoms with E-state index in [0.29, 0.717) is 6.42 Å². The molecule has 0 amide bonds. The van der Waals surface area contributed by atoms with Crippen LogP contribution >= 0.6 is 0 Å². The number of methoxy groups -OCH3 is 1. The second kappa shape index (κ2) is 5.69. The topological polar surface area (TPSA) is 75.6 Å². The van der Waals surface area contributed by atoms with Gasteiger partial charge in [0.2, 0.25) is 10.0 Å². The molecule has 1 aromatic carbocycles. The van der Waals surface area contributed by atoms with Gasteiger partial charge in [-0.15, -0.1) is 0 Å². The highest BCUT2D eigenvalue weighted by atomic mass is 32.2. The third kappa shape index (κ3) is 3.69. The van der Waals surface area contributed by atoms with E-state index in [4.69, 9.17) is 4.74 Å². The Hall–Kier alpha value is -1.11. The van der Waals surface area contributed by atoms with Crippen LogP contribution in [0.4, 0.5) is 0 Å². The molecule has 18 heavy (non-hydrogen) atoms. The van der Waals surface area contributed by atoms with E-state index in [9.17, 15) is 13.5 Å². The molecule has 0 radical (unpaired) electrons. The lowest BCUT2D eigenvalue weighted by molar-refractivity contribution is 0.0613. The molecule has 0 aliphatic rings. The van der Waals surface area contributed by atoms with Gasteiger partial charge in [0.1, 0.15) is 10.6 Å². The van der Waals surface area contributed by atoms with E-state index in [0.717, 1.165) is 0 Å². The zero-order chi connectivity index (χ0) is 13.8. The van der Waals surface area contributed by atoms with Crippen LogP contribution in [-0.4, -0.2) is 32.8 Å². The molecule has 102 valence electrons. The standard InChI is InChI=1S/C12H19NO4S/c1-4-12(2,14)9-13-18(15,16)11-8-6-5-7-10(11)17-3/h5-8,13-14H,4,9H2,1-3H3. The van der Waals surface area contributed by atoms with Crippen molar-refractivity contribution in [3.05, 3.63) is 24.3 Å². The lowest BCUT2D eigenvalue weighted by Crippen LogP contribution is -2.40. The second-order valence-electron chi connectivity index (χ2n) is 4.33. The van der Waals surface area contributed by atoms with Crippen molar-refractivity contribution >= 4 is 10.0 Å². The molecule has 1 atom stereocenters. The summed E-state index contributed by atoms with van der Waals surface area (Å²) < 4.78 is 31.5. The van der Waals surface area contributed by atoms with Gasteiger partial charge >= 0.3 is 0 Å². The second-order valence-corrected chi connectivity index (χ2v) is 6.06. The third-order valence-corrected chi connectivity index (χ3v) is 4.20. The van der Waals surface area contributed by atoms with Crippen LogP contribution in [0.5, 0.6) is 5.75 Å². The van der Waals surface area contributed by atoms with Crippen LogP contribution in [0.1, 0.15) is 20.3 Å². The zero-order valence-corrected chi connectivity index (χ0v) is 11.6. The molecule has 1 unspecified atom stereocenters. The quantitative estimate of drug-likeness (QED) is 0.815. The van der Waals surface area contributed by atoms with Gasteiger partial charge in [0.15, 0.2) is 0 Å². The van der Waals surface area contributed by atoms with E-state index in [1.54, 1.807) is 32.0 Å². The lowest BCUT2D eigenvalue weighted by atomic mass is 10.1. The summed E-state index contributed by atoms with van der Waals surface area (Å²) in [4.78, 5) is 0.0689. The van der Waals surface area contributed by atoms with Gasteiger partial charge in [0, 0.05) is 6.54 Å². The molecule has 0 aliphatic carbocycles. The fraction of sp³-hybridized carbons (Fsp3) is 0.500. The summed E-state index contributed by atoms with van der Waals surface area (Å²) in [7, 11) is -2.27. The number of aliphatic hydroxyl groups is 1. The van der Waals surface area contributed by atoms with E-state index in [1.807, 2.05) is 0 Å². The Bertz CT molecular complexity index is 497. The van der Waals surface area contributed by atoms with Gasteiger partial charge in [0.25, 0.3) is 0 Å². The van der Waals surface area contributed by atoms with Gasteiger partial charge < -0.3 is 9.84 Å². The van der Waals surface area contributed by atoms with Crippen LogP contribution in [0.15, 0.2) is 29.2 Å². The van der Waals surface area contributed by atoms with Crippen LogP contribution in [0, 0.1) is 0 Å². The summed E-state index contributed by atoms with van der Waals surface area (Å²) >= 11 is 0. The number of ether oxygens (including phenoxy) is 1. The largest absolute Gasteiger partial charge is 0.495 e. The van der Waals surface area contributed by atoms with Crippen molar-refractivity contribution in [2.75, 3.05) is 13.7 Å². The maximum Gasteiger partial charge on any atom is 0.244 e. The Labute approximate surface area is 108 Å². The number of benzene rings is 1. The Balaban J connectivity index is 2.94. The summed E-state index contributed by atoms with van der Waals surface area (Å²) in [6.45, 7) is 3.33. The normalized spacial score (nSPS) is 15.1. The summed E-state index contributed by atoms with van der Waals surface area (Å²) in [5.41, 5.74) is -1.06. The molecule has 0 heterocycles. The first-order valence-corrected chi connectivity index (χ1v) is 7.16. The molecular formula is C12H19NO4S. The van der Waals surface area contributed by atoms with E-state index >= 15 is 0 Å². The van der Waals surface area contributed by atoms with Crippen molar-refractivity contribution in [3.63, 3.8) is 0 Å². The van der Waals surface area contributed by atoms with Crippen LogP contribution < -0.4 is 9.46 Å². The fourth-order valence-electron chi connectivity index (χ4n) is 1.29. The lowest BCUT2D eigenvalue weighted by Gasteiger charge is -2.21. The first kappa shape index (κ1) is 14.9. The molecule has 0 saturated carbocycles. The molecular weight excluding hydrogens is 254 g/mol. The minimum atomic E-state index is -3.68. The Kier molecular flexibility index (Phi) is 4.72. The molecule has 5 nitrogen and oxygen atoms in total. The average molecular weight is 273 g/mol. The van der Waals surface area contributed by atoms with Gasteiger partial charge in [-0.05, 0) is 25.5 Å². The first-order valence-electron chi connectivity index (χ1n) is 5.67. The maximum absolute atomic E-state index is 12.1. The molecule has 2 N–H and O–H groups in total. The number of rotatable bonds is 6. The Morgan fingerprint density at radius 1 is 1.39 bits per heavy atom. The predicted molar refractivity (Wildman–Crippen MR) is 69.1 cm³/mol. The molecule has 6 heteroatoms. The molecule has 0 bridgehead atoms. The number of hydrogen-bond acceptors (Lipinski definition) is 4. The van der Waals surface area contributed by atoms with Crippen LogP contribution in [0.2, 0.25) is 0 Å². The van der Waals surface area contributed by atoms with Crippen molar-refractivity contribution in [1.82, 2.24) is 4.72 Å². The number of hydrogen-bond donors (Lipinski definition) is 2. The highest BCUT2D eigenvalue weighted by Gasteiger charge is 2.24.